The predicted octanol–water partition coefficient (Wildman–Crippen LogP) is 4.22. The van der Waals surface area contributed by atoms with Crippen molar-refractivity contribution in [3.05, 3.63) is 76.0 Å². The van der Waals surface area contributed by atoms with Gasteiger partial charge in [-0.15, -0.1) is 0 Å². The number of nitro groups is 1. The number of methoxy groups -OCH3 is 1. The van der Waals surface area contributed by atoms with Crippen LogP contribution in [0, 0.1) is 17.0 Å². The summed E-state index contributed by atoms with van der Waals surface area (Å²) in [5.74, 6) is 1.53. The quantitative estimate of drug-likeness (QED) is 0.247. The Morgan fingerprint density at radius 1 is 1.10 bits per heavy atom. The normalized spacial score (nSPS) is 11.6. The summed E-state index contributed by atoms with van der Waals surface area (Å²) in [5.41, 5.74) is 3.63. The Labute approximate surface area is 225 Å². The number of nitrogens with one attached hydrogen (secondary N) is 1. The Morgan fingerprint density at radius 2 is 1.87 bits per heavy atom. The number of aromatic nitrogens is 4. The lowest BCUT2D eigenvalue weighted by molar-refractivity contribution is -0.385. The maximum atomic E-state index is 12.4. The number of ether oxygens (including phenoxy) is 1. The van der Waals surface area contributed by atoms with E-state index in [0.29, 0.717) is 28.6 Å². The van der Waals surface area contributed by atoms with Crippen LogP contribution in [0.5, 0.6) is 5.88 Å². The van der Waals surface area contributed by atoms with Crippen LogP contribution < -0.4 is 15.0 Å². The average molecular weight is 531 g/mol. The minimum Gasteiger partial charge on any atom is -0.481 e. The summed E-state index contributed by atoms with van der Waals surface area (Å²) < 4.78 is 5.38. The minimum absolute atomic E-state index is 0.0584. The summed E-state index contributed by atoms with van der Waals surface area (Å²) in [7, 11) is 6.85. The number of hydrogen-bond donors (Lipinski definition) is 1. The van der Waals surface area contributed by atoms with E-state index < -0.39 is 4.92 Å². The summed E-state index contributed by atoms with van der Waals surface area (Å²) in [6.07, 6.45) is 4.66. The number of benzene rings is 1. The molecule has 0 aliphatic heterocycles. The highest BCUT2D eigenvalue weighted by Crippen LogP contribution is 2.32. The van der Waals surface area contributed by atoms with Crippen LogP contribution in [0.3, 0.4) is 0 Å². The first-order chi connectivity index (χ1) is 18.6. The van der Waals surface area contributed by atoms with E-state index in [1.54, 1.807) is 26.5 Å². The molecule has 3 heterocycles. The molecule has 202 valence electrons. The van der Waals surface area contributed by atoms with Gasteiger partial charge in [-0.1, -0.05) is 0 Å². The third kappa shape index (κ3) is 6.00. The lowest BCUT2D eigenvalue weighted by Gasteiger charge is -2.22. The molecule has 1 aromatic carbocycles. The summed E-state index contributed by atoms with van der Waals surface area (Å²) in [6, 6.07) is 8.90. The molecule has 4 aromatic rings. The van der Waals surface area contributed by atoms with Crippen LogP contribution in [0.25, 0.3) is 10.9 Å². The number of aryl methyl sites for hydroxylation is 1. The number of carbonyl (C=O) groups excluding carboxylic acids is 1. The highest BCUT2D eigenvalue weighted by atomic mass is 16.6. The molecule has 4 rings (SSSR count). The Kier molecular flexibility index (Phi) is 7.84. The van der Waals surface area contributed by atoms with E-state index in [9.17, 15) is 14.9 Å². The zero-order valence-corrected chi connectivity index (χ0v) is 22.7. The molecule has 1 atom stereocenters. The molecule has 0 fully saturated rings. The summed E-state index contributed by atoms with van der Waals surface area (Å²) in [5, 5.41) is 15.3. The van der Waals surface area contributed by atoms with Crippen LogP contribution in [0.4, 0.5) is 22.9 Å². The van der Waals surface area contributed by atoms with Crippen molar-refractivity contribution in [2.45, 2.75) is 26.3 Å². The SMILES string of the molecule is COc1ncc(N(C)c2ccc3nc(C)nc(N[C@H](C)c4cncc([N+](=O)[O-])c4)c3c2)cc1CC(=O)N(C)C. The third-order valence-electron chi connectivity index (χ3n) is 6.32. The van der Waals surface area contributed by atoms with Gasteiger partial charge in [0.15, 0.2) is 0 Å². The molecule has 12 nitrogen and oxygen atoms in total. The topological polar surface area (TPSA) is 140 Å². The molecule has 0 bridgehead atoms. The third-order valence-corrected chi connectivity index (χ3v) is 6.32. The molecule has 12 heteroatoms. The number of fused-ring (bicyclic) bond motifs is 1. The van der Waals surface area contributed by atoms with Crippen LogP contribution >= 0.6 is 0 Å². The molecule has 0 saturated carbocycles. The molecule has 0 unspecified atom stereocenters. The number of likely N-dealkylation sites (N-methyl/N-ethyl adjacent to an activating group) is 1. The van der Waals surface area contributed by atoms with Crippen molar-refractivity contribution in [3.8, 4) is 5.88 Å². The Morgan fingerprint density at radius 3 is 2.56 bits per heavy atom. The monoisotopic (exact) mass is 530 g/mol. The summed E-state index contributed by atoms with van der Waals surface area (Å²) >= 11 is 0. The highest BCUT2D eigenvalue weighted by Gasteiger charge is 2.17. The van der Waals surface area contributed by atoms with E-state index in [2.05, 4.69) is 25.3 Å². The van der Waals surface area contributed by atoms with Crippen molar-refractivity contribution < 1.29 is 14.5 Å². The lowest BCUT2D eigenvalue weighted by Crippen LogP contribution is -2.24. The zero-order chi connectivity index (χ0) is 28.3. The van der Waals surface area contributed by atoms with Gasteiger partial charge in [-0.25, -0.2) is 15.0 Å². The number of anilines is 3. The number of nitrogens with zero attached hydrogens (tertiary/aromatic N) is 7. The average Bonchev–Trinajstić information content (AvgIpc) is 2.92. The van der Waals surface area contributed by atoms with Crippen LogP contribution in [-0.2, 0) is 11.2 Å². The number of carbonyl (C=O) groups is 1. The van der Waals surface area contributed by atoms with Gasteiger partial charge in [0, 0.05) is 50.0 Å². The fourth-order valence-corrected chi connectivity index (χ4v) is 4.07. The Hall–Kier alpha value is -4.87. The summed E-state index contributed by atoms with van der Waals surface area (Å²) in [6.45, 7) is 3.70. The molecule has 1 amide bonds. The fraction of sp³-hybridized carbons (Fsp3) is 0.296. The first-order valence-corrected chi connectivity index (χ1v) is 12.2. The Bertz CT molecular complexity index is 1540. The highest BCUT2D eigenvalue weighted by molar-refractivity contribution is 5.92. The van der Waals surface area contributed by atoms with E-state index >= 15 is 0 Å². The number of hydrogen-bond acceptors (Lipinski definition) is 10. The molecule has 0 saturated heterocycles. The van der Waals surface area contributed by atoms with Gasteiger partial charge in [-0.2, -0.15) is 0 Å². The summed E-state index contributed by atoms with van der Waals surface area (Å²) in [4.78, 5) is 44.2. The molecule has 0 aliphatic carbocycles. The first kappa shape index (κ1) is 27.2. The molecular formula is C27H30N8O4. The van der Waals surface area contributed by atoms with E-state index in [1.807, 2.05) is 50.1 Å². The standard InChI is InChI=1S/C27H30N8O4/c1-16(19-10-22(35(37)38)14-28-13-19)30-26-23-12-20(7-8-24(23)31-17(2)32-26)34(5)21-9-18(11-25(36)33(3)4)27(39-6)29-15-21/h7-10,12-16H,11H2,1-6H3,(H,30,31,32)/t16-/m1/s1. The van der Waals surface area contributed by atoms with Gasteiger partial charge in [0.25, 0.3) is 5.69 Å². The van der Waals surface area contributed by atoms with Crippen molar-refractivity contribution >= 4 is 39.7 Å². The Balaban J connectivity index is 1.69. The molecule has 39 heavy (non-hydrogen) atoms. The van der Waals surface area contributed by atoms with Crippen molar-refractivity contribution in [2.75, 3.05) is 38.5 Å². The molecule has 1 N–H and O–H groups in total. The van der Waals surface area contributed by atoms with Gasteiger partial charge in [0.1, 0.15) is 17.8 Å². The number of rotatable bonds is 9. The van der Waals surface area contributed by atoms with Crippen LogP contribution in [0.1, 0.15) is 29.9 Å². The number of pyridine rings is 2. The first-order valence-electron chi connectivity index (χ1n) is 12.2. The van der Waals surface area contributed by atoms with Crippen molar-refractivity contribution in [1.29, 1.82) is 0 Å². The fourth-order valence-electron chi connectivity index (χ4n) is 4.07. The second-order valence-electron chi connectivity index (χ2n) is 9.31. The van der Waals surface area contributed by atoms with Crippen LogP contribution in [-0.4, -0.2) is 63.9 Å². The molecule has 3 aromatic heterocycles. The molecule has 0 spiro atoms. The van der Waals surface area contributed by atoms with Gasteiger partial charge in [-0.3, -0.25) is 19.9 Å². The smallest absolute Gasteiger partial charge is 0.287 e. The van der Waals surface area contributed by atoms with Crippen molar-refractivity contribution in [2.24, 2.45) is 0 Å². The van der Waals surface area contributed by atoms with Gasteiger partial charge in [-0.05, 0) is 43.7 Å². The predicted molar refractivity (Wildman–Crippen MR) is 148 cm³/mol. The lowest BCUT2D eigenvalue weighted by atomic mass is 10.1. The zero-order valence-electron chi connectivity index (χ0n) is 22.7. The van der Waals surface area contributed by atoms with E-state index in [1.165, 1.54) is 24.3 Å². The number of amides is 1. The second-order valence-corrected chi connectivity index (χ2v) is 9.31. The van der Waals surface area contributed by atoms with Crippen molar-refractivity contribution in [3.63, 3.8) is 0 Å². The molecule has 0 aliphatic rings. The van der Waals surface area contributed by atoms with Gasteiger partial charge >= 0.3 is 0 Å². The van der Waals surface area contributed by atoms with E-state index in [4.69, 9.17) is 4.74 Å². The maximum Gasteiger partial charge on any atom is 0.287 e. The molecular weight excluding hydrogens is 500 g/mol. The van der Waals surface area contributed by atoms with Crippen LogP contribution in [0.15, 0.2) is 48.9 Å². The van der Waals surface area contributed by atoms with Crippen molar-refractivity contribution in [1.82, 2.24) is 24.8 Å². The second kappa shape index (κ2) is 11.3. The maximum absolute atomic E-state index is 12.4. The van der Waals surface area contributed by atoms with Gasteiger partial charge < -0.3 is 19.9 Å². The minimum atomic E-state index is -0.467. The molecule has 0 radical (unpaired) electrons. The van der Waals surface area contributed by atoms with E-state index in [0.717, 1.165) is 22.3 Å². The van der Waals surface area contributed by atoms with Gasteiger partial charge in [0.2, 0.25) is 11.8 Å². The van der Waals surface area contributed by atoms with Crippen LogP contribution in [0.2, 0.25) is 0 Å². The van der Waals surface area contributed by atoms with E-state index in [-0.39, 0.29) is 24.1 Å². The largest absolute Gasteiger partial charge is 0.481 e. The van der Waals surface area contributed by atoms with Gasteiger partial charge in [0.05, 0.1) is 41.9 Å².